The highest BCUT2D eigenvalue weighted by molar-refractivity contribution is 6.30. The number of halogens is 1. The molecule has 4 rings (SSSR count). The van der Waals surface area contributed by atoms with Crippen LogP contribution in [-0.2, 0) is 9.53 Å². The van der Waals surface area contributed by atoms with Crippen LogP contribution in [0.2, 0.25) is 5.02 Å². The van der Waals surface area contributed by atoms with E-state index in [2.05, 4.69) is 17.1 Å². The third kappa shape index (κ3) is 4.03. The molecule has 31 heavy (non-hydrogen) atoms. The van der Waals surface area contributed by atoms with Gasteiger partial charge in [-0.15, -0.1) is 0 Å². The number of benzene rings is 1. The lowest BCUT2D eigenvalue weighted by atomic mass is 9.60. The first-order valence-corrected chi connectivity index (χ1v) is 11.6. The summed E-state index contributed by atoms with van der Waals surface area (Å²) in [6.45, 7) is 8.24. The van der Waals surface area contributed by atoms with E-state index in [1.165, 1.54) is 0 Å². The molecular weight excluding hydrogens is 416 g/mol. The number of likely N-dealkylation sites (tertiary alicyclic amines) is 3. The van der Waals surface area contributed by atoms with Crippen molar-refractivity contribution in [3.8, 4) is 0 Å². The lowest BCUT2D eigenvalue weighted by molar-refractivity contribution is -0.141. The molecule has 3 saturated heterocycles. The Morgan fingerprint density at radius 2 is 1.84 bits per heavy atom. The quantitative estimate of drug-likeness (QED) is 0.751. The maximum absolute atomic E-state index is 13.5. The largest absolute Gasteiger partial charge is 0.383 e. The predicted molar refractivity (Wildman–Crippen MR) is 121 cm³/mol. The van der Waals surface area contributed by atoms with Crippen LogP contribution in [0.5, 0.6) is 0 Å². The van der Waals surface area contributed by atoms with Crippen molar-refractivity contribution in [3.05, 3.63) is 29.3 Å². The third-order valence-corrected chi connectivity index (χ3v) is 7.89. The van der Waals surface area contributed by atoms with Crippen molar-refractivity contribution in [2.45, 2.75) is 26.2 Å². The molecule has 0 unspecified atom stereocenters. The molecule has 2 spiro atoms. The zero-order valence-corrected chi connectivity index (χ0v) is 19.3. The molecule has 1 aromatic rings. The highest BCUT2D eigenvalue weighted by Crippen LogP contribution is 2.57. The Morgan fingerprint density at radius 1 is 1.13 bits per heavy atom. The number of anilines is 1. The molecule has 3 aliphatic rings. The Kier molecular flexibility index (Phi) is 6.47. The number of carbonyl (C=O) groups is 2. The maximum Gasteiger partial charge on any atom is 0.321 e. The molecule has 3 heterocycles. The Bertz CT molecular complexity index is 810. The Balaban J connectivity index is 1.47. The zero-order valence-electron chi connectivity index (χ0n) is 18.5. The summed E-state index contributed by atoms with van der Waals surface area (Å²) < 4.78 is 5.31. The second-order valence-corrected chi connectivity index (χ2v) is 9.56. The molecule has 0 aromatic heterocycles. The Hall–Kier alpha value is -1.83. The number of methoxy groups -OCH3 is 1. The van der Waals surface area contributed by atoms with Crippen LogP contribution in [0, 0.1) is 10.8 Å². The van der Waals surface area contributed by atoms with Gasteiger partial charge in [0.25, 0.3) is 0 Å². The minimum atomic E-state index is -0.324. The fourth-order valence-corrected chi connectivity index (χ4v) is 5.98. The number of fused-ring (bicyclic) bond motifs is 1. The summed E-state index contributed by atoms with van der Waals surface area (Å²) >= 11 is 5.94. The normalized spacial score (nSPS) is 25.7. The number of piperidine rings is 1. The highest BCUT2D eigenvalue weighted by atomic mass is 35.5. The highest BCUT2D eigenvalue weighted by Gasteiger charge is 2.64. The average molecular weight is 449 g/mol. The first-order chi connectivity index (χ1) is 14.9. The van der Waals surface area contributed by atoms with E-state index in [1.807, 2.05) is 21.9 Å². The van der Waals surface area contributed by atoms with Crippen LogP contribution in [-0.4, -0.2) is 86.2 Å². The van der Waals surface area contributed by atoms with Crippen LogP contribution in [0.15, 0.2) is 24.3 Å². The van der Waals surface area contributed by atoms with E-state index in [1.54, 1.807) is 19.2 Å². The fraction of sp³-hybridized carbons (Fsp3) is 0.652. The van der Waals surface area contributed by atoms with E-state index in [0.29, 0.717) is 30.6 Å². The smallest absolute Gasteiger partial charge is 0.321 e. The number of amides is 3. The maximum atomic E-state index is 13.5. The van der Waals surface area contributed by atoms with Crippen molar-refractivity contribution in [2.24, 2.45) is 10.8 Å². The summed E-state index contributed by atoms with van der Waals surface area (Å²) in [6, 6.07) is 7.06. The van der Waals surface area contributed by atoms with Gasteiger partial charge in [-0.1, -0.05) is 11.6 Å². The van der Waals surface area contributed by atoms with Gasteiger partial charge in [-0.2, -0.15) is 0 Å². The molecule has 7 nitrogen and oxygen atoms in total. The van der Waals surface area contributed by atoms with Gasteiger partial charge in [0.2, 0.25) is 5.91 Å². The van der Waals surface area contributed by atoms with Gasteiger partial charge in [0.05, 0.1) is 12.0 Å². The molecule has 0 saturated carbocycles. The lowest BCUT2D eigenvalue weighted by Crippen LogP contribution is -2.54. The second kappa shape index (κ2) is 8.96. The number of nitrogens with one attached hydrogen (secondary N) is 1. The molecule has 170 valence electrons. The van der Waals surface area contributed by atoms with Gasteiger partial charge in [-0.25, -0.2) is 4.79 Å². The summed E-state index contributed by atoms with van der Waals surface area (Å²) in [5, 5.41) is 3.61. The van der Waals surface area contributed by atoms with Crippen LogP contribution < -0.4 is 5.32 Å². The average Bonchev–Trinajstić information content (AvgIpc) is 3.26. The van der Waals surface area contributed by atoms with Crippen LogP contribution >= 0.6 is 11.6 Å². The van der Waals surface area contributed by atoms with Crippen molar-refractivity contribution >= 4 is 29.2 Å². The standard InChI is InChI=1S/C23H33ClN4O3/c1-3-27-13-10-23(20(27)29)17-26(14-15-31-2)16-22(23)8-11-28(12-9-22)21(30)25-19-6-4-18(24)5-7-19/h4-7H,3,8-17H2,1-2H3,(H,25,30)/t23-/m1/s1. The number of hydrogen-bond donors (Lipinski definition) is 1. The molecule has 3 aliphatic heterocycles. The lowest BCUT2D eigenvalue weighted by Gasteiger charge is -2.47. The van der Waals surface area contributed by atoms with Crippen molar-refractivity contribution in [2.75, 3.05) is 64.8 Å². The number of rotatable bonds is 5. The SMILES string of the molecule is CCN1CC[C@@]2(CN(CCOC)CC23CCN(C(=O)Nc2ccc(Cl)cc2)CC3)C1=O. The molecule has 1 atom stereocenters. The van der Waals surface area contributed by atoms with Crippen LogP contribution in [0.1, 0.15) is 26.2 Å². The molecule has 0 radical (unpaired) electrons. The summed E-state index contributed by atoms with van der Waals surface area (Å²) in [7, 11) is 1.72. The summed E-state index contributed by atoms with van der Waals surface area (Å²) in [5.74, 6) is 0.314. The molecule has 1 N–H and O–H groups in total. The molecule has 8 heteroatoms. The minimum absolute atomic E-state index is 0.0706. The van der Waals surface area contributed by atoms with E-state index >= 15 is 0 Å². The predicted octanol–water partition coefficient (Wildman–Crippen LogP) is 3.15. The number of nitrogens with zero attached hydrogens (tertiary/aromatic N) is 3. The van der Waals surface area contributed by atoms with Gasteiger partial charge in [0, 0.05) is 69.0 Å². The van der Waals surface area contributed by atoms with Crippen LogP contribution in [0.25, 0.3) is 0 Å². The number of carbonyl (C=O) groups excluding carboxylic acids is 2. The van der Waals surface area contributed by atoms with E-state index in [9.17, 15) is 9.59 Å². The van der Waals surface area contributed by atoms with Gasteiger partial charge >= 0.3 is 6.03 Å². The van der Waals surface area contributed by atoms with E-state index < -0.39 is 0 Å². The second-order valence-electron chi connectivity index (χ2n) is 9.12. The van der Waals surface area contributed by atoms with E-state index in [-0.39, 0.29) is 16.9 Å². The first-order valence-electron chi connectivity index (χ1n) is 11.3. The van der Waals surface area contributed by atoms with Gasteiger partial charge < -0.3 is 19.9 Å². The van der Waals surface area contributed by atoms with Crippen molar-refractivity contribution < 1.29 is 14.3 Å². The number of urea groups is 1. The molecule has 0 aliphatic carbocycles. The van der Waals surface area contributed by atoms with Gasteiger partial charge in [-0.05, 0) is 50.5 Å². The number of hydrogen-bond acceptors (Lipinski definition) is 4. The number of ether oxygens (including phenoxy) is 1. The first kappa shape index (κ1) is 22.4. The molecule has 1 aromatic carbocycles. The molecular formula is C23H33ClN4O3. The summed E-state index contributed by atoms with van der Waals surface area (Å²) in [4.78, 5) is 32.6. The van der Waals surface area contributed by atoms with Gasteiger partial charge in [0.1, 0.15) is 0 Å². The summed E-state index contributed by atoms with van der Waals surface area (Å²) in [5.41, 5.74) is 0.344. The van der Waals surface area contributed by atoms with Crippen molar-refractivity contribution in [1.82, 2.24) is 14.7 Å². The molecule has 3 fully saturated rings. The Morgan fingerprint density at radius 3 is 2.45 bits per heavy atom. The topological polar surface area (TPSA) is 65.1 Å². The van der Waals surface area contributed by atoms with Crippen LogP contribution in [0.3, 0.4) is 0 Å². The van der Waals surface area contributed by atoms with Gasteiger partial charge in [0.15, 0.2) is 0 Å². The fourth-order valence-electron chi connectivity index (χ4n) is 5.85. The molecule has 0 bridgehead atoms. The van der Waals surface area contributed by atoms with Crippen molar-refractivity contribution in [3.63, 3.8) is 0 Å². The molecule has 3 amide bonds. The minimum Gasteiger partial charge on any atom is -0.383 e. The van der Waals surface area contributed by atoms with E-state index in [0.717, 1.165) is 57.7 Å². The van der Waals surface area contributed by atoms with Crippen LogP contribution in [0.4, 0.5) is 10.5 Å². The monoisotopic (exact) mass is 448 g/mol. The Labute approximate surface area is 189 Å². The summed E-state index contributed by atoms with van der Waals surface area (Å²) in [6.07, 6.45) is 2.63. The van der Waals surface area contributed by atoms with Crippen molar-refractivity contribution in [1.29, 1.82) is 0 Å². The van der Waals surface area contributed by atoms with E-state index in [4.69, 9.17) is 16.3 Å². The van der Waals surface area contributed by atoms with Gasteiger partial charge in [-0.3, -0.25) is 9.69 Å². The third-order valence-electron chi connectivity index (χ3n) is 7.64. The zero-order chi connectivity index (χ0) is 22.1.